The first-order valence-corrected chi connectivity index (χ1v) is 12.6. The molecule has 11 nitrogen and oxygen atoms in total. The molecule has 0 atom stereocenters. The molecular formula is C27H37N5O6. The van der Waals surface area contributed by atoms with Gasteiger partial charge in [0.25, 0.3) is 0 Å². The number of pyridine rings is 2. The van der Waals surface area contributed by atoms with E-state index in [1.54, 1.807) is 29.2 Å². The maximum atomic E-state index is 13.0. The van der Waals surface area contributed by atoms with E-state index in [9.17, 15) is 14.4 Å². The largest absolute Gasteiger partial charge is 0.464 e. The molecule has 0 aromatic carbocycles. The Bertz CT molecular complexity index is 1050. The minimum Gasteiger partial charge on any atom is -0.464 e. The molecule has 3 rings (SSSR count). The van der Waals surface area contributed by atoms with Crippen LogP contribution < -0.4 is 0 Å². The van der Waals surface area contributed by atoms with E-state index in [0.29, 0.717) is 52.4 Å². The molecule has 1 fully saturated rings. The summed E-state index contributed by atoms with van der Waals surface area (Å²) in [6, 6.07) is 10.5. The number of carbonyl (C=O) groups is 3. The predicted molar refractivity (Wildman–Crippen MR) is 140 cm³/mol. The van der Waals surface area contributed by atoms with Crippen LogP contribution in [-0.2, 0) is 27.3 Å². The van der Waals surface area contributed by atoms with E-state index in [2.05, 4.69) is 19.8 Å². The average molecular weight is 528 g/mol. The summed E-state index contributed by atoms with van der Waals surface area (Å²) in [5, 5.41) is 0. The van der Waals surface area contributed by atoms with Gasteiger partial charge in [0.15, 0.2) is 0 Å². The number of ether oxygens (including phenoxy) is 3. The summed E-state index contributed by atoms with van der Waals surface area (Å²) >= 11 is 0. The highest BCUT2D eigenvalue weighted by molar-refractivity contribution is 5.87. The van der Waals surface area contributed by atoms with Crippen LogP contribution in [0.2, 0.25) is 0 Å². The van der Waals surface area contributed by atoms with Crippen molar-refractivity contribution in [3.05, 3.63) is 59.2 Å². The zero-order valence-electron chi connectivity index (χ0n) is 22.8. The van der Waals surface area contributed by atoms with Gasteiger partial charge in [0.2, 0.25) is 0 Å². The molecule has 1 saturated heterocycles. The van der Waals surface area contributed by atoms with Crippen LogP contribution in [0.5, 0.6) is 0 Å². The van der Waals surface area contributed by atoms with Crippen molar-refractivity contribution >= 4 is 18.0 Å². The topological polar surface area (TPSA) is 114 Å². The zero-order valence-corrected chi connectivity index (χ0v) is 22.8. The van der Waals surface area contributed by atoms with Crippen LogP contribution in [0.4, 0.5) is 4.79 Å². The Labute approximate surface area is 223 Å². The van der Waals surface area contributed by atoms with Crippen molar-refractivity contribution in [3.63, 3.8) is 0 Å². The summed E-state index contributed by atoms with van der Waals surface area (Å²) in [5.41, 5.74) is 1.36. The normalized spacial score (nSPS) is 15.7. The Hall–Kier alpha value is -3.57. The minimum atomic E-state index is -0.606. The molecule has 0 radical (unpaired) electrons. The van der Waals surface area contributed by atoms with Gasteiger partial charge >= 0.3 is 18.0 Å². The maximum Gasteiger partial charge on any atom is 0.410 e. The predicted octanol–water partition coefficient (Wildman–Crippen LogP) is 2.60. The number of nitrogens with zero attached hydrogens (tertiary/aromatic N) is 5. The van der Waals surface area contributed by atoms with E-state index >= 15 is 0 Å². The lowest BCUT2D eigenvalue weighted by molar-refractivity contribution is 0.0229. The van der Waals surface area contributed by atoms with Crippen LogP contribution >= 0.6 is 0 Å². The lowest BCUT2D eigenvalue weighted by atomic mass is 10.2. The molecule has 11 heteroatoms. The Morgan fingerprint density at radius 2 is 1.16 bits per heavy atom. The van der Waals surface area contributed by atoms with Gasteiger partial charge < -0.3 is 19.1 Å². The van der Waals surface area contributed by atoms with Gasteiger partial charge in [-0.2, -0.15) is 0 Å². The number of aromatic nitrogens is 2. The highest BCUT2D eigenvalue weighted by Gasteiger charge is 2.25. The van der Waals surface area contributed by atoms with Crippen molar-refractivity contribution in [2.24, 2.45) is 0 Å². The van der Waals surface area contributed by atoms with E-state index in [1.165, 1.54) is 14.2 Å². The number of hydrogen-bond acceptors (Lipinski definition) is 10. The number of rotatable bonds is 6. The van der Waals surface area contributed by atoms with Crippen molar-refractivity contribution in [3.8, 4) is 0 Å². The molecular weight excluding hydrogens is 490 g/mol. The first-order valence-electron chi connectivity index (χ1n) is 12.6. The second-order valence-corrected chi connectivity index (χ2v) is 10.0. The van der Waals surface area contributed by atoms with Gasteiger partial charge in [0.1, 0.15) is 17.0 Å². The quantitative estimate of drug-likeness (QED) is 0.410. The molecule has 2 aromatic rings. The second kappa shape index (κ2) is 13.3. The molecule has 38 heavy (non-hydrogen) atoms. The number of hydrogen-bond donors (Lipinski definition) is 0. The van der Waals surface area contributed by atoms with Crippen LogP contribution in [-0.4, -0.2) is 102 Å². The standard InChI is InChI=1S/C27H37N5O6/c1-27(2,3)38-26(35)32-16-14-30(18-20-8-6-10-22(28-20)24(33)36-4)12-13-31(15-17-32)19-21-9-7-11-23(29-21)25(34)37-5/h6-11H,12-19H2,1-5H3. The molecule has 0 bridgehead atoms. The lowest BCUT2D eigenvalue weighted by Gasteiger charge is -2.29. The second-order valence-electron chi connectivity index (χ2n) is 10.0. The fourth-order valence-electron chi connectivity index (χ4n) is 4.00. The van der Waals surface area contributed by atoms with Crippen LogP contribution in [0.1, 0.15) is 53.1 Å². The molecule has 0 spiro atoms. The van der Waals surface area contributed by atoms with Gasteiger partial charge in [-0.05, 0) is 45.0 Å². The number of methoxy groups -OCH3 is 2. The molecule has 0 aliphatic carbocycles. The van der Waals surface area contributed by atoms with E-state index in [0.717, 1.165) is 11.4 Å². The summed E-state index contributed by atoms with van der Waals surface area (Å²) in [6.07, 6.45) is -0.365. The number of esters is 2. The molecule has 0 unspecified atom stereocenters. The molecule has 3 heterocycles. The molecule has 0 saturated carbocycles. The summed E-state index contributed by atoms with van der Waals surface area (Å²) in [5.74, 6) is -0.972. The Morgan fingerprint density at radius 3 is 1.55 bits per heavy atom. The molecule has 2 aromatic heterocycles. The number of amides is 1. The average Bonchev–Trinajstić information content (AvgIpc) is 2.98. The zero-order chi connectivity index (χ0) is 27.7. The van der Waals surface area contributed by atoms with E-state index in [4.69, 9.17) is 14.2 Å². The van der Waals surface area contributed by atoms with Crippen LogP contribution in [0.15, 0.2) is 36.4 Å². The first kappa shape index (κ1) is 29.0. The van der Waals surface area contributed by atoms with Crippen molar-refractivity contribution in [2.75, 3.05) is 53.5 Å². The summed E-state index contributed by atoms with van der Waals surface area (Å²) in [4.78, 5) is 51.8. The molecule has 1 aliphatic rings. The van der Waals surface area contributed by atoms with Gasteiger partial charge in [-0.15, -0.1) is 0 Å². The molecule has 1 aliphatic heterocycles. The van der Waals surface area contributed by atoms with Crippen LogP contribution in [0.25, 0.3) is 0 Å². The Morgan fingerprint density at radius 1 is 0.737 bits per heavy atom. The summed E-state index contributed by atoms with van der Waals surface area (Å²) in [7, 11) is 2.65. The highest BCUT2D eigenvalue weighted by atomic mass is 16.6. The van der Waals surface area contributed by atoms with Gasteiger partial charge in [-0.3, -0.25) is 9.80 Å². The van der Waals surface area contributed by atoms with Gasteiger partial charge in [0.05, 0.1) is 25.6 Å². The fraction of sp³-hybridized carbons (Fsp3) is 0.519. The molecule has 206 valence electrons. The molecule has 1 amide bonds. The van der Waals surface area contributed by atoms with Crippen LogP contribution in [0, 0.1) is 0 Å². The van der Waals surface area contributed by atoms with Gasteiger partial charge in [0, 0.05) is 52.4 Å². The summed E-state index contributed by atoms with van der Waals surface area (Å²) < 4.78 is 15.3. The Balaban J connectivity index is 1.79. The third-order valence-electron chi connectivity index (χ3n) is 5.93. The smallest absolute Gasteiger partial charge is 0.410 e. The third kappa shape index (κ3) is 8.77. The maximum absolute atomic E-state index is 13.0. The van der Waals surface area contributed by atoms with E-state index in [1.807, 2.05) is 32.9 Å². The van der Waals surface area contributed by atoms with Crippen molar-refractivity contribution in [1.82, 2.24) is 24.7 Å². The highest BCUT2D eigenvalue weighted by Crippen LogP contribution is 2.13. The monoisotopic (exact) mass is 527 g/mol. The first-order chi connectivity index (χ1) is 18.1. The SMILES string of the molecule is COC(=O)c1cccc(CN2CCN(Cc3cccc(C(=O)OC)n3)CCN(C(=O)OC(C)(C)C)CC2)n1. The van der Waals surface area contributed by atoms with E-state index < -0.39 is 17.5 Å². The van der Waals surface area contributed by atoms with Crippen LogP contribution in [0.3, 0.4) is 0 Å². The van der Waals surface area contributed by atoms with Gasteiger partial charge in [-0.25, -0.2) is 24.4 Å². The minimum absolute atomic E-state index is 0.253. The lowest BCUT2D eigenvalue weighted by Crippen LogP contribution is -2.42. The van der Waals surface area contributed by atoms with E-state index in [-0.39, 0.29) is 17.5 Å². The van der Waals surface area contributed by atoms with Gasteiger partial charge in [-0.1, -0.05) is 12.1 Å². The summed E-state index contributed by atoms with van der Waals surface area (Å²) in [6.45, 7) is 10.1. The Kier molecular flexibility index (Phi) is 10.1. The number of carbonyl (C=O) groups excluding carboxylic acids is 3. The molecule has 0 N–H and O–H groups in total. The fourth-order valence-corrected chi connectivity index (χ4v) is 4.00. The third-order valence-corrected chi connectivity index (χ3v) is 5.93. The van der Waals surface area contributed by atoms with Crippen molar-refractivity contribution < 1.29 is 28.6 Å². The van der Waals surface area contributed by atoms with Crippen molar-refractivity contribution in [1.29, 1.82) is 0 Å². The van der Waals surface area contributed by atoms with Crippen molar-refractivity contribution in [2.45, 2.75) is 39.5 Å².